The Hall–Kier alpha value is -2.37. The molecule has 2 aromatic carbocycles. The lowest BCUT2D eigenvalue weighted by Crippen LogP contribution is -2.04. The summed E-state index contributed by atoms with van der Waals surface area (Å²) in [4.78, 5) is 4.22. The number of sulfone groups is 1. The fraction of sp³-hybridized carbons (Fsp3) is 0. The molecule has 0 aliphatic carbocycles. The van der Waals surface area contributed by atoms with Gasteiger partial charge < -0.3 is 4.74 Å². The zero-order chi connectivity index (χ0) is 16.3. The van der Waals surface area contributed by atoms with Crippen LogP contribution in [0.2, 0.25) is 5.02 Å². The average molecular weight is 346 g/mol. The van der Waals surface area contributed by atoms with Crippen molar-refractivity contribution >= 4 is 21.4 Å². The third kappa shape index (κ3) is 3.36. The Balaban J connectivity index is 2.10. The summed E-state index contributed by atoms with van der Waals surface area (Å²) in [5, 5.41) is 0.313. The highest BCUT2D eigenvalue weighted by Gasteiger charge is 2.23. The van der Waals surface area contributed by atoms with Gasteiger partial charge in [0, 0.05) is 17.3 Å². The summed E-state index contributed by atoms with van der Waals surface area (Å²) >= 11 is 5.98. The first kappa shape index (κ1) is 15.5. The van der Waals surface area contributed by atoms with Crippen LogP contribution in [0.5, 0.6) is 11.6 Å². The van der Waals surface area contributed by atoms with Crippen LogP contribution in [0.25, 0.3) is 0 Å². The molecule has 3 aromatic rings. The van der Waals surface area contributed by atoms with Gasteiger partial charge in [0.05, 0.1) is 4.90 Å². The number of hydrogen-bond acceptors (Lipinski definition) is 4. The number of aromatic nitrogens is 1. The van der Waals surface area contributed by atoms with Crippen LogP contribution < -0.4 is 4.74 Å². The van der Waals surface area contributed by atoms with Crippen molar-refractivity contribution in [2.24, 2.45) is 0 Å². The molecular weight excluding hydrogens is 334 g/mol. The number of nitrogens with zero attached hydrogens (tertiary/aromatic N) is 1. The summed E-state index contributed by atoms with van der Waals surface area (Å²) in [7, 11) is -3.75. The molecule has 23 heavy (non-hydrogen) atoms. The van der Waals surface area contributed by atoms with Gasteiger partial charge >= 0.3 is 0 Å². The Morgan fingerprint density at radius 1 is 0.913 bits per heavy atom. The van der Waals surface area contributed by atoms with Gasteiger partial charge in [-0.15, -0.1) is 0 Å². The largest absolute Gasteiger partial charge is 0.438 e. The zero-order valence-corrected chi connectivity index (χ0v) is 13.5. The molecule has 0 aliphatic rings. The molecule has 1 aromatic heterocycles. The van der Waals surface area contributed by atoms with E-state index in [-0.39, 0.29) is 15.5 Å². The third-order valence-electron chi connectivity index (χ3n) is 3.10. The van der Waals surface area contributed by atoms with E-state index in [0.717, 1.165) is 0 Å². The smallest absolute Gasteiger partial charge is 0.219 e. The molecule has 0 atom stereocenters. The fourth-order valence-corrected chi connectivity index (χ4v) is 3.69. The standard InChI is InChI=1S/C17H12ClNO3S/c18-13-9-10-15(22-17-8-4-5-11-19-17)16(12-13)23(20,21)14-6-2-1-3-7-14/h1-12H. The number of pyridine rings is 1. The van der Waals surface area contributed by atoms with E-state index in [9.17, 15) is 8.42 Å². The van der Waals surface area contributed by atoms with Gasteiger partial charge in [-0.2, -0.15) is 0 Å². The van der Waals surface area contributed by atoms with E-state index >= 15 is 0 Å². The lowest BCUT2D eigenvalue weighted by Gasteiger charge is -2.11. The molecule has 0 fully saturated rings. The van der Waals surface area contributed by atoms with Crippen molar-refractivity contribution in [2.45, 2.75) is 9.79 Å². The van der Waals surface area contributed by atoms with Gasteiger partial charge in [0.2, 0.25) is 15.7 Å². The highest BCUT2D eigenvalue weighted by atomic mass is 35.5. The second-order valence-corrected chi connectivity index (χ2v) is 7.03. The highest BCUT2D eigenvalue weighted by Crippen LogP contribution is 2.34. The second kappa shape index (κ2) is 6.40. The topological polar surface area (TPSA) is 56.3 Å². The van der Waals surface area contributed by atoms with E-state index in [1.165, 1.54) is 24.3 Å². The van der Waals surface area contributed by atoms with Crippen LogP contribution in [0.4, 0.5) is 0 Å². The van der Waals surface area contributed by atoms with Crippen LogP contribution in [0.15, 0.2) is 82.7 Å². The Morgan fingerprint density at radius 3 is 2.35 bits per heavy atom. The first-order chi connectivity index (χ1) is 11.1. The number of benzene rings is 2. The van der Waals surface area contributed by atoms with Crippen LogP contribution in [-0.4, -0.2) is 13.4 Å². The van der Waals surface area contributed by atoms with Crippen LogP contribution in [0.3, 0.4) is 0 Å². The molecule has 0 N–H and O–H groups in total. The van der Waals surface area contributed by atoms with Crippen LogP contribution in [0.1, 0.15) is 0 Å². The third-order valence-corrected chi connectivity index (χ3v) is 5.13. The predicted octanol–water partition coefficient (Wildman–Crippen LogP) is 4.36. The number of hydrogen-bond donors (Lipinski definition) is 0. The number of ether oxygens (including phenoxy) is 1. The number of halogens is 1. The maximum absolute atomic E-state index is 12.8. The van der Waals surface area contributed by atoms with Crippen molar-refractivity contribution < 1.29 is 13.2 Å². The van der Waals surface area contributed by atoms with E-state index in [4.69, 9.17) is 16.3 Å². The molecule has 0 saturated heterocycles. The molecular formula is C17H12ClNO3S. The minimum absolute atomic E-state index is 0.00172. The van der Waals surface area contributed by atoms with E-state index in [1.807, 2.05) is 0 Å². The molecule has 116 valence electrons. The normalized spacial score (nSPS) is 11.2. The maximum atomic E-state index is 12.8. The Kier molecular flexibility index (Phi) is 4.32. The highest BCUT2D eigenvalue weighted by molar-refractivity contribution is 7.91. The quantitative estimate of drug-likeness (QED) is 0.705. The van der Waals surface area contributed by atoms with Crippen molar-refractivity contribution in [1.29, 1.82) is 0 Å². The molecule has 3 rings (SSSR count). The first-order valence-electron chi connectivity index (χ1n) is 6.76. The van der Waals surface area contributed by atoms with E-state index in [2.05, 4.69) is 4.98 Å². The van der Waals surface area contributed by atoms with Crippen molar-refractivity contribution in [3.8, 4) is 11.6 Å². The summed E-state index contributed by atoms with van der Waals surface area (Å²) in [6.07, 6.45) is 1.57. The van der Waals surface area contributed by atoms with E-state index in [0.29, 0.717) is 10.9 Å². The van der Waals surface area contributed by atoms with Crippen molar-refractivity contribution in [3.63, 3.8) is 0 Å². The second-order valence-electron chi connectivity index (χ2n) is 4.68. The zero-order valence-electron chi connectivity index (χ0n) is 11.9. The van der Waals surface area contributed by atoms with Gasteiger partial charge in [0.1, 0.15) is 10.6 Å². The van der Waals surface area contributed by atoms with Gasteiger partial charge in [-0.1, -0.05) is 35.9 Å². The van der Waals surface area contributed by atoms with Crippen molar-refractivity contribution in [1.82, 2.24) is 4.98 Å². The van der Waals surface area contributed by atoms with Crippen molar-refractivity contribution in [2.75, 3.05) is 0 Å². The molecule has 0 saturated carbocycles. The summed E-state index contributed by atoms with van der Waals surface area (Å²) in [5.74, 6) is 0.483. The molecule has 0 spiro atoms. The van der Waals surface area contributed by atoms with Gasteiger partial charge in [0.15, 0.2) is 0 Å². The van der Waals surface area contributed by atoms with Gasteiger partial charge in [-0.3, -0.25) is 0 Å². The number of rotatable bonds is 4. The molecule has 0 bridgehead atoms. The van der Waals surface area contributed by atoms with Gasteiger partial charge in [0.25, 0.3) is 0 Å². The summed E-state index contributed by atoms with van der Waals surface area (Å²) in [6.45, 7) is 0. The summed E-state index contributed by atoms with van der Waals surface area (Å²) in [6, 6.07) is 17.8. The van der Waals surface area contributed by atoms with Crippen LogP contribution in [-0.2, 0) is 9.84 Å². The molecule has 0 aliphatic heterocycles. The lowest BCUT2D eigenvalue weighted by molar-refractivity contribution is 0.449. The SMILES string of the molecule is O=S(=O)(c1ccccc1)c1cc(Cl)ccc1Oc1ccccn1. The Morgan fingerprint density at radius 2 is 1.65 bits per heavy atom. The minimum Gasteiger partial charge on any atom is -0.438 e. The monoisotopic (exact) mass is 345 g/mol. The van der Waals surface area contributed by atoms with E-state index < -0.39 is 9.84 Å². The molecule has 4 nitrogen and oxygen atoms in total. The van der Waals surface area contributed by atoms with Crippen LogP contribution >= 0.6 is 11.6 Å². The average Bonchev–Trinajstić information content (AvgIpc) is 2.58. The molecule has 0 unspecified atom stereocenters. The molecule has 6 heteroatoms. The molecule has 1 heterocycles. The predicted molar refractivity (Wildman–Crippen MR) is 87.7 cm³/mol. The maximum Gasteiger partial charge on any atom is 0.219 e. The summed E-state index contributed by atoms with van der Waals surface area (Å²) in [5.41, 5.74) is 0. The lowest BCUT2D eigenvalue weighted by atomic mass is 10.3. The summed E-state index contributed by atoms with van der Waals surface area (Å²) < 4.78 is 31.3. The Bertz CT molecular complexity index is 913. The van der Waals surface area contributed by atoms with Gasteiger partial charge in [-0.25, -0.2) is 13.4 Å². The van der Waals surface area contributed by atoms with E-state index in [1.54, 1.807) is 48.7 Å². The minimum atomic E-state index is -3.75. The van der Waals surface area contributed by atoms with Crippen LogP contribution in [0, 0.1) is 0 Å². The first-order valence-corrected chi connectivity index (χ1v) is 8.62. The van der Waals surface area contributed by atoms with Gasteiger partial charge in [-0.05, 0) is 36.4 Å². The molecule has 0 amide bonds. The fourth-order valence-electron chi connectivity index (χ4n) is 2.02. The molecule has 0 radical (unpaired) electrons. The van der Waals surface area contributed by atoms with Crippen molar-refractivity contribution in [3.05, 3.63) is 77.9 Å². The Labute approximate surface area is 139 Å².